The van der Waals surface area contributed by atoms with Crippen LogP contribution in [-0.4, -0.2) is 19.6 Å². The predicted octanol–water partition coefficient (Wildman–Crippen LogP) is 2.07. The average molecular weight is 267 g/mol. The van der Waals surface area contributed by atoms with E-state index < -0.39 is 10.1 Å². The van der Waals surface area contributed by atoms with Crippen molar-refractivity contribution in [3.05, 3.63) is 30.3 Å². The zero-order valence-electron chi connectivity index (χ0n) is 9.75. The highest BCUT2D eigenvalue weighted by atomic mass is 32.2. The Morgan fingerprint density at radius 2 is 1.94 bits per heavy atom. The average Bonchev–Trinajstić information content (AvgIpc) is 2.31. The lowest BCUT2D eigenvalue weighted by atomic mass is 10.1. The van der Waals surface area contributed by atoms with Gasteiger partial charge in [0.25, 0.3) is 10.1 Å². The number of anilines is 1. The normalized spacial score (nSPS) is 11.7. The molecule has 5 nitrogen and oxygen atoms in total. The Bertz CT molecular complexity index is 695. The van der Waals surface area contributed by atoms with E-state index >= 15 is 0 Å². The minimum atomic E-state index is -4.23. The van der Waals surface area contributed by atoms with Gasteiger partial charge in [0.05, 0.1) is 17.2 Å². The molecule has 2 aromatic rings. The second-order valence-corrected chi connectivity index (χ2v) is 5.19. The number of fused-ring (bicyclic) bond motifs is 1. The molecule has 6 heteroatoms. The lowest BCUT2D eigenvalue weighted by Gasteiger charge is -2.10. The van der Waals surface area contributed by atoms with E-state index in [4.69, 9.17) is 15.0 Å². The summed E-state index contributed by atoms with van der Waals surface area (Å²) in [6.45, 7) is 2.30. The van der Waals surface area contributed by atoms with Gasteiger partial charge in [-0.2, -0.15) is 8.42 Å². The van der Waals surface area contributed by atoms with Crippen LogP contribution in [0.1, 0.15) is 6.92 Å². The molecule has 2 aromatic carbocycles. The first kappa shape index (κ1) is 12.7. The molecule has 0 bridgehead atoms. The first-order chi connectivity index (χ1) is 8.43. The molecule has 0 heterocycles. The molecule has 0 aromatic heterocycles. The summed E-state index contributed by atoms with van der Waals surface area (Å²) < 4.78 is 36.5. The highest BCUT2D eigenvalue weighted by Crippen LogP contribution is 2.32. The van der Waals surface area contributed by atoms with Crippen LogP contribution in [0.15, 0.2) is 35.2 Å². The maximum Gasteiger partial charge on any atom is 0.294 e. The van der Waals surface area contributed by atoms with E-state index in [0.717, 1.165) is 5.39 Å². The summed E-state index contributed by atoms with van der Waals surface area (Å²) >= 11 is 0. The largest absolute Gasteiger partial charge is 0.492 e. The van der Waals surface area contributed by atoms with Gasteiger partial charge in [-0.05, 0) is 30.5 Å². The smallest absolute Gasteiger partial charge is 0.294 e. The molecule has 2 rings (SSSR count). The molecule has 0 aliphatic heterocycles. The van der Waals surface area contributed by atoms with Gasteiger partial charge in [-0.3, -0.25) is 4.55 Å². The Morgan fingerprint density at radius 3 is 2.56 bits per heavy atom. The third kappa shape index (κ3) is 2.25. The summed E-state index contributed by atoms with van der Waals surface area (Å²) in [5.74, 6) is 0.498. The molecule has 3 N–H and O–H groups in total. The maximum atomic E-state index is 11.1. The van der Waals surface area contributed by atoms with Crippen molar-refractivity contribution in [3.63, 3.8) is 0 Å². The number of benzene rings is 2. The number of ether oxygens (including phenoxy) is 1. The molecule has 0 radical (unpaired) electrons. The summed E-state index contributed by atoms with van der Waals surface area (Å²) in [4.78, 5) is -0.185. The second kappa shape index (κ2) is 4.47. The van der Waals surface area contributed by atoms with E-state index in [1.807, 2.05) is 6.92 Å². The molecule has 0 amide bonds. The Balaban J connectivity index is 2.70. The third-order valence-corrected chi connectivity index (χ3v) is 3.44. The SMILES string of the molecule is CCOc1ccc2ccc(S(=O)(=O)O)cc2c1N. The minimum absolute atomic E-state index is 0.185. The van der Waals surface area contributed by atoms with Crippen LogP contribution < -0.4 is 10.5 Å². The van der Waals surface area contributed by atoms with Crippen LogP contribution in [0.3, 0.4) is 0 Å². The summed E-state index contributed by atoms with van der Waals surface area (Å²) in [5, 5.41) is 1.32. The van der Waals surface area contributed by atoms with Crippen LogP contribution >= 0.6 is 0 Å². The highest BCUT2D eigenvalue weighted by Gasteiger charge is 2.12. The fraction of sp³-hybridized carbons (Fsp3) is 0.167. The van der Waals surface area contributed by atoms with Crippen molar-refractivity contribution in [3.8, 4) is 5.75 Å². The van der Waals surface area contributed by atoms with Crippen LogP contribution in [0, 0.1) is 0 Å². The summed E-state index contributed by atoms with van der Waals surface area (Å²) in [6.07, 6.45) is 0. The van der Waals surface area contributed by atoms with Gasteiger partial charge in [0.1, 0.15) is 5.75 Å². The van der Waals surface area contributed by atoms with Gasteiger partial charge in [-0.15, -0.1) is 0 Å². The second-order valence-electron chi connectivity index (χ2n) is 3.77. The van der Waals surface area contributed by atoms with Gasteiger partial charge < -0.3 is 10.5 Å². The van der Waals surface area contributed by atoms with Crippen molar-refractivity contribution in [2.45, 2.75) is 11.8 Å². The molecule has 0 fully saturated rings. The topological polar surface area (TPSA) is 89.6 Å². The van der Waals surface area contributed by atoms with Gasteiger partial charge in [-0.1, -0.05) is 12.1 Å². The lowest BCUT2D eigenvalue weighted by Crippen LogP contribution is -2.00. The predicted molar refractivity (Wildman–Crippen MR) is 69.3 cm³/mol. The van der Waals surface area contributed by atoms with Gasteiger partial charge >= 0.3 is 0 Å². The fourth-order valence-corrected chi connectivity index (χ4v) is 2.25. The van der Waals surface area contributed by atoms with Crippen LogP contribution in [-0.2, 0) is 10.1 Å². The summed E-state index contributed by atoms with van der Waals surface area (Å²) in [7, 11) is -4.23. The van der Waals surface area contributed by atoms with E-state index in [-0.39, 0.29) is 4.90 Å². The van der Waals surface area contributed by atoms with Gasteiger partial charge in [-0.25, -0.2) is 0 Å². The first-order valence-corrected chi connectivity index (χ1v) is 6.80. The summed E-state index contributed by atoms with van der Waals surface area (Å²) in [5.41, 5.74) is 6.28. The molecule has 18 heavy (non-hydrogen) atoms. The van der Waals surface area contributed by atoms with Crippen LogP contribution in [0.2, 0.25) is 0 Å². The molecule has 0 aliphatic carbocycles. The van der Waals surface area contributed by atoms with E-state index in [9.17, 15) is 8.42 Å². The zero-order valence-corrected chi connectivity index (χ0v) is 10.6. The first-order valence-electron chi connectivity index (χ1n) is 5.36. The quantitative estimate of drug-likeness (QED) is 0.656. The Labute approximate surface area is 105 Å². The lowest BCUT2D eigenvalue weighted by molar-refractivity contribution is 0.342. The van der Waals surface area contributed by atoms with Crippen molar-refractivity contribution >= 4 is 26.6 Å². The monoisotopic (exact) mass is 267 g/mol. The van der Waals surface area contributed by atoms with Crippen molar-refractivity contribution < 1.29 is 17.7 Å². The standard InChI is InChI=1S/C12H13NO4S/c1-2-17-11-6-4-8-3-5-9(18(14,15)16)7-10(8)12(11)13/h3-7H,2,13H2,1H3,(H,14,15,16). The molecule has 0 aliphatic rings. The molecule has 96 valence electrons. The Kier molecular flexibility index (Phi) is 3.14. The maximum absolute atomic E-state index is 11.1. The van der Waals surface area contributed by atoms with Crippen LogP contribution in [0.4, 0.5) is 5.69 Å². The molecule has 0 unspecified atom stereocenters. The van der Waals surface area contributed by atoms with E-state index in [1.54, 1.807) is 18.2 Å². The molecule has 0 saturated heterocycles. The number of nitrogens with two attached hydrogens (primary N) is 1. The molecular formula is C12H13NO4S. The van der Waals surface area contributed by atoms with Crippen molar-refractivity contribution in [1.82, 2.24) is 0 Å². The zero-order chi connectivity index (χ0) is 13.3. The molecule has 0 atom stereocenters. The number of rotatable bonds is 3. The highest BCUT2D eigenvalue weighted by molar-refractivity contribution is 7.85. The van der Waals surface area contributed by atoms with E-state index in [0.29, 0.717) is 23.4 Å². The van der Waals surface area contributed by atoms with Crippen LogP contribution in [0.5, 0.6) is 5.75 Å². The van der Waals surface area contributed by atoms with E-state index in [2.05, 4.69) is 0 Å². The number of hydrogen-bond donors (Lipinski definition) is 2. The molecule has 0 spiro atoms. The Morgan fingerprint density at radius 1 is 1.28 bits per heavy atom. The molecular weight excluding hydrogens is 254 g/mol. The molecule has 0 saturated carbocycles. The van der Waals surface area contributed by atoms with E-state index in [1.165, 1.54) is 12.1 Å². The Hall–Kier alpha value is -1.79. The summed E-state index contributed by atoms with van der Waals surface area (Å²) in [6, 6.07) is 7.77. The van der Waals surface area contributed by atoms with Gasteiger partial charge in [0.15, 0.2) is 0 Å². The minimum Gasteiger partial charge on any atom is -0.492 e. The fourth-order valence-electron chi connectivity index (χ4n) is 1.74. The van der Waals surface area contributed by atoms with Crippen molar-refractivity contribution in [2.75, 3.05) is 12.3 Å². The van der Waals surface area contributed by atoms with Gasteiger partial charge in [0, 0.05) is 5.39 Å². The number of hydrogen-bond acceptors (Lipinski definition) is 4. The van der Waals surface area contributed by atoms with Gasteiger partial charge in [0.2, 0.25) is 0 Å². The van der Waals surface area contributed by atoms with Crippen molar-refractivity contribution in [1.29, 1.82) is 0 Å². The van der Waals surface area contributed by atoms with Crippen LogP contribution in [0.25, 0.3) is 10.8 Å². The van der Waals surface area contributed by atoms with Crippen molar-refractivity contribution in [2.24, 2.45) is 0 Å². The third-order valence-electron chi connectivity index (χ3n) is 2.59. The number of nitrogen functional groups attached to an aromatic ring is 1.